The molecule has 2 bridgehead atoms. The molecular formula is C42H50N4O6. The predicted octanol–water partition coefficient (Wildman–Crippen LogP) is 5.52. The summed E-state index contributed by atoms with van der Waals surface area (Å²) in [6, 6.07) is 20.0. The van der Waals surface area contributed by atoms with E-state index in [0.717, 1.165) is 75.7 Å². The molecule has 3 fully saturated rings. The van der Waals surface area contributed by atoms with E-state index in [1.807, 2.05) is 30.3 Å². The van der Waals surface area contributed by atoms with E-state index in [4.69, 9.17) is 4.74 Å². The summed E-state index contributed by atoms with van der Waals surface area (Å²) >= 11 is 0. The minimum absolute atomic E-state index is 0.0237. The summed E-state index contributed by atoms with van der Waals surface area (Å²) < 4.78 is 6.36. The molecule has 1 aromatic heterocycles. The number of hydrogen-bond donors (Lipinski definition) is 5. The number of unbranched alkanes of at least 4 members (excludes halogenated alkanes) is 3. The lowest BCUT2D eigenvalue weighted by molar-refractivity contribution is -0.167. The molecule has 0 radical (unpaired) electrons. The van der Waals surface area contributed by atoms with E-state index in [9.17, 15) is 24.6 Å². The van der Waals surface area contributed by atoms with Gasteiger partial charge in [-0.15, -0.1) is 0 Å². The van der Waals surface area contributed by atoms with Gasteiger partial charge in [0, 0.05) is 36.7 Å². The van der Waals surface area contributed by atoms with Gasteiger partial charge in [0.25, 0.3) is 5.91 Å². The number of H-pyrrole nitrogens is 1. The third-order valence-corrected chi connectivity index (χ3v) is 11.6. The molecule has 1 unspecified atom stereocenters. The number of piperidine rings is 3. The van der Waals surface area contributed by atoms with E-state index in [2.05, 4.69) is 39.6 Å². The van der Waals surface area contributed by atoms with Gasteiger partial charge >= 0.3 is 5.97 Å². The smallest absolute Gasteiger partial charge is 0.331 e. The van der Waals surface area contributed by atoms with Crippen molar-refractivity contribution in [1.82, 2.24) is 20.5 Å². The molecule has 3 aromatic carbocycles. The normalized spacial score (nSPS) is 22.6. The SMILES string of the molecule is Cc1cccc2c1CCC2(NCc1cccc(C(=O)NCCCCCC[C@H](O)c2ccc(O)c3[nH]c(=O)ccc23)c1)C(=O)O[C@H]1CN2CCC1CC2. The number of aromatic amines is 1. The number of aliphatic hydroxyl groups excluding tert-OH is 1. The van der Waals surface area contributed by atoms with Crippen LogP contribution in [0.4, 0.5) is 0 Å². The number of fused-ring (bicyclic) bond motifs is 5. The lowest BCUT2D eigenvalue weighted by atomic mass is 9.85. The third-order valence-electron chi connectivity index (χ3n) is 11.6. The zero-order valence-corrected chi connectivity index (χ0v) is 30.0. The van der Waals surface area contributed by atoms with E-state index in [-0.39, 0.29) is 29.3 Å². The number of pyridine rings is 1. The molecule has 1 amide bonds. The number of nitrogens with zero attached hydrogens (tertiary/aromatic N) is 1. The van der Waals surface area contributed by atoms with Crippen molar-refractivity contribution in [2.75, 3.05) is 26.2 Å². The molecule has 8 rings (SSSR count). The van der Waals surface area contributed by atoms with Crippen molar-refractivity contribution in [3.8, 4) is 5.75 Å². The molecule has 3 saturated heterocycles. The van der Waals surface area contributed by atoms with Crippen molar-refractivity contribution in [3.63, 3.8) is 0 Å². The maximum Gasteiger partial charge on any atom is 0.331 e. The number of aromatic nitrogens is 1. The highest BCUT2D eigenvalue weighted by atomic mass is 16.5. The summed E-state index contributed by atoms with van der Waals surface area (Å²) in [5.41, 5.74) is 4.69. The molecule has 10 heteroatoms. The van der Waals surface area contributed by atoms with Crippen molar-refractivity contribution < 1.29 is 24.5 Å². The van der Waals surface area contributed by atoms with Crippen LogP contribution in [0.2, 0.25) is 0 Å². The number of aryl methyl sites for hydroxylation is 1. The van der Waals surface area contributed by atoms with Crippen molar-refractivity contribution in [3.05, 3.63) is 110 Å². The van der Waals surface area contributed by atoms with Gasteiger partial charge in [-0.1, -0.05) is 55.7 Å². The lowest BCUT2D eigenvalue weighted by Crippen LogP contribution is -2.55. The second-order valence-corrected chi connectivity index (χ2v) is 14.9. The summed E-state index contributed by atoms with van der Waals surface area (Å²) in [5, 5.41) is 28.3. The van der Waals surface area contributed by atoms with Crippen LogP contribution in [0.1, 0.15) is 95.6 Å². The highest BCUT2D eigenvalue weighted by molar-refractivity contribution is 5.94. The van der Waals surface area contributed by atoms with E-state index in [0.29, 0.717) is 53.9 Å². The first-order valence-electron chi connectivity index (χ1n) is 18.9. The number of rotatable bonds is 14. The van der Waals surface area contributed by atoms with Gasteiger partial charge < -0.3 is 25.3 Å². The molecular weight excluding hydrogens is 656 g/mol. The van der Waals surface area contributed by atoms with Crippen molar-refractivity contribution in [1.29, 1.82) is 0 Å². The van der Waals surface area contributed by atoms with Crippen molar-refractivity contribution >= 4 is 22.8 Å². The number of amides is 1. The Kier molecular flexibility index (Phi) is 10.8. The maximum atomic E-state index is 14.2. The third kappa shape index (κ3) is 7.51. The minimum atomic E-state index is -0.931. The van der Waals surface area contributed by atoms with E-state index in [1.54, 1.807) is 12.1 Å². The Morgan fingerprint density at radius 2 is 1.83 bits per heavy atom. The summed E-state index contributed by atoms with van der Waals surface area (Å²) in [6.07, 6.45) is 6.80. The van der Waals surface area contributed by atoms with Gasteiger partial charge in [-0.05, 0) is 117 Å². The Morgan fingerprint density at radius 1 is 1.02 bits per heavy atom. The highest BCUT2D eigenvalue weighted by Crippen LogP contribution is 2.41. The van der Waals surface area contributed by atoms with Crippen molar-refractivity contribution in [2.24, 2.45) is 5.92 Å². The summed E-state index contributed by atoms with van der Waals surface area (Å²) in [7, 11) is 0. The average Bonchev–Trinajstić information content (AvgIpc) is 3.55. The van der Waals surface area contributed by atoms with E-state index in [1.165, 1.54) is 23.3 Å². The van der Waals surface area contributed by atoms with Crippen LogP contribution in [0, 0.1) is 12.8 Å². The molecule has 0 spiro atoms. The Hall–Kier alpha value is -4.51. The number of carbonyl (C=O) groups is 2. The van der Waals surface area contributed by atoms with Crippen LogP contribution in [-0.4, -0.2) is 64.3 Å². The Morgan fingerprint density at radius 3 is 2.63 bits per heavy atom. The fourth-order valence-corrected chi connectivity index (χ4v) is 8.53. The summed E-state index contributed by atoms with van der Waals surface area (Å²) in [4.78, 5) is 44.0. The molecule has 4 aliphatic rings. The van der Waals surface area contributed by atoms with Gasteiger partial charge in [0.15, 0.2) is 0 Å². The van der Waals surface area contributed by atoms with E-state index < -0.39 is 11.6 Å². The van der Waals surface area contributed by atoms with Gasteiger partial charge in [-0.2, -0.15) is 0 Å². The number of benzene rings is 3. The van der Waals surface area contributed by atoms with Crippen LogP contribution in [-0.2, 0) is 28.0 Å². The minimum Gasteiger partial charge on any atom is -0.506 e. The Bertz CT molecular complexity index is 1990. The fourth-order valence-electron chi connectivity index (χ4n) is 8.53. The second-order valence-electron chi connectivity index (χ2n) is 14.9. The maximum absolute atomic E-state index is 14.2. The number of hydrogen-bond acceptors (Lipinski definition) is 8. The lowest BCUT2D eigenvalue weighted by Gasteiger charge is -2.45. The Labute approximate surface area is 304 Å². The number of aromatic hydroxyl groups is 1. The topological polar surface area (TPSA) is 144 Å². The largest absolute Gasteiger partial charge is 0.506 e. The molecule has 10 nitrogen and oxygen atoms in total. The van der Waals surface area contributed by atoms with Crippen LogP contribution in [0.3, 0.4) is 0 Å². The second kappa shape index (κ2) is 15.6. The molecule has 1 aliphatic carbocycles. The molecule has 274 valence electrons. The van der Waals surface area contributed by atoms with Crippen molar-refractivity contribution in [2.45, 2.75) is 89.0 Å². The molecule has 3 aliphatic heterocycles. The number of phenolic OH excluding ortho intramolecular Hbond substituents is 1. The van der Waals surface area contributed by atoms with Gasteiger partial charge in [0.05, 0.1) is 11.6 Å². The molecule has 4 heterocycles. The van der Waals surface area contributed by atoms with Crippen LogP contribution < -0.4 is 16.2 Å². The predicted molar refractivity (Wildman–Crippen MR) is 200 cm³/mol. The van der Waals surface area contributed by atoms with E-state index >= 15 is 0 Å². The zero-order chi connectivity index (χ0) is 36.2. The molecule has 4 aromatic rings. The number of aliphatic hydroxyl groups is 1. The van der Waals surface area contributed by atoms with Gasteiger partial charge in [-0.3, -0.25) is 19.8 Å². The quantitative estimate of drug-likeness (QED) is 0.0852. The van der Waals surface area contributed by atoms with Gasteiger partial charge in [0.1, 0.15) is 17.4 Å². The highest BCUT2D eigenvalue weighted by Gasteiger charge is 2.49. The summed E-state index contributed by atoms with van der Waals surface area (Å²) in [5.74, 6) is 0.0858. The van der Waals surface area contributed by atoms with Crippen LogP contribution >= 0.6 is 0 Å². The number of ether oxygens (including phenoxy) is 1. The molecule has 0 saturated carbocycles. The number of esters is 1. The van der Waals surface area contributed by atoms with Crippen LogP contribution in [0.15, 0.2) is 71.5 Å². The fraction of sp³-hybridized carbons (Fsp3) is 0.452. The average molecular weight is 707 g/mol. The number of carbonyl (C=O) groups excluding carboxylic acids is 2. The van der Waals surface area contributed by atoms with Crippen LogP contribution in [0.5, 0.6) is 5.75 Å². The number of phenols is 1. The first-order valence-corrected chi connectivity index (χ1v) is 18.9. The van der Waals surface area contributed by atoms with Crippen LogP contribution in [0.25, 0.3) is 10.9 Å². The van der Waals surface area contributed by atoms with Gasteiger partial charge in [-0.25, -0.2) is 4.79 Å². The standard InChI is InChI=1S/C42H50N4O6/c1-27-8-6-11-34-31(27)17-20-42(34,41(51)52-37-26-46-22-18-29(37)19-23-46)44-25-28-9-7-10-30(24-28)40(50)43-21-5-3-2-4-12-35(47)32-13-15-36(48)39-33(32)14-16-38(49)45-39/h6-11,13-16,24,29,35,37,44,47-48H,2-5,12,17-23,25-26H2,1H3,(H,43,50)(H,45,49)/t35-,37-,42?/m0/s1. The first kappa shape index (κ1) is 35.9. The van der Waals surface area contributed by atoms with Gasteiger partial charge in [0.2, 0.25) is 5.56 Å². The molecule has 5 N–H and O–H groups in total. The first-order chi connectivity index (χ1) is 25.2. The summed E-state index contributed by atoms with van der Waals surface area (Å²) in [6.45, 7) is 6.07. The zero-order valence-electron chi connectivity index (χ0n) is 30.0. The molecule has 3 atom stereocenters. The Balaban J connectivity index is 0.900. The number of nitrogens with one attached hydrogen (secondary N) is 3. The molecule has 52 heavy (non-hydrogen) atoms. The monoisotopic (exact) mass is 706 g/mol.